The van der Waals surface area contributed by atoms with Crippen LogP contribution in [0.5, 0.6) is 0 Å². The smallest absolute Gasteiger partial charge is 0.322 e. The van der Waals surface area contributed by atoms with Crippen molar-refractivity contribution in [3.8, 4) is 11.4 Å². The predicted octanol–water partition coefficient (Wildman–Crippen LogP) is 0.958. The molecule has 0 unspecified atom stereocenters. The van der Waals surface area contributed by atoms with Crippen molar-refractivity contribution in [2.75, 3.05) is 6.54 Å². The average molecular weight is 257 g/mol. The minimum atomic E-state index is -1.08. The Hall–Kier alpha value is -2.76. The molecule has 0 spiro atoms. The van der Waals surface area contributed by atoms with Crippen LogP contribution in [0.1, 0.15) is 10.4 Å². The summed E-state index contributed by atoms with van der Waals surface area (Å²) in [6.07, 6.45) is 3.27. The highest BCUT2D eigenvalue weighted by atomic mass is 16.4. The third-order valence-electron chi connectivity index (χ3n) is 2.37. The van der Waals surface area contributed by atoms with Gasteiger partial charge in [-0.15, -0.1) is 0 Å². The average Bonchev–Trinajstić information content (AvgIpc) is 2.46. The zero-order valence-electron chi connectivity index (χ0n) is 9.91. The van der Waals surface area contributed by atoms with Crippen molar-refractivity contribution >= 4 is 11.9 Å². The zero-order valence-corrected chi connectivity index (χ0v) is 9.91. The van der Waals surface area contributed by atoms with E-state index in [9.17, 15) is 9.59 Å². The van der Waals surface area contributed by atoms with Crippen molar-refractivity contribution in [1.29, 1.82) is 0 Å². The van der Waals surface area contributed by atoms with Gasteiger partial charge in [0.1, 0.15) is 6.54 Å². The fraction of sp³-hybridized carbons (Fsp3) is 0.0769. The van der Waals surface area contributed by atoms with Crippen molar-refractivity contribution in [2.45, 2.75) is 0 Å². The first kappa shape index (κ1) is 12.7. The van der Waals surface area contributed by atoms with Crippen LogP contribution in [-0.4, -0.2) is 33.5 Å². The second-order valence-electron chi connectivity index (χ2n) is 3.73. The Balaban J connectivity index is 2.10. The first-order valence-corrected chi connectivity index (χ1v) is 5.54. The van der Waals surface area contributed by atoms with Crippen LogP contribution in [0.3, 0.4) is 0 Å². The van der Waals surface area contributed by atoms with Gasteiger partial charge in [0.05, 0.1) is 0 Å². The number of aliphatic carboxylic acids is 1. The fourth-order valence-electron chi connectivity index (χ4n) is 1.48. The molecule has 19 heavy (non-hydrogen) atoms. The van der Waals surface area contributed by atoms with Crippen LogP contribution in [0.2, 0.25) is 0 Å². The third-order valence-corrected chi connectivity index (χ3v) is 2.37. The topological polar surface area (TPSA) is 92.2 Å². The van der Waals surface area contributed by atoms with Crippen LogP contribution in [0.25, 0.3) is 11.4 Å². The molecular weight excluding hydrogens is 246 g/mol. The van der Waals surface area contributed by atoms with Gasteiger partial charge < -0.3 is 10.4 Å². The number of carboxylic acids is 1. The SMILES string of the molecule is O=C(O)CNC(=O)c1ccc(-c2ncccn2)cc1. The number of carbonyl (C=O) groups is 2. The van der Waals surface area contributed by atoms with Crippen LogP contribution >= 0.6 is 0 Å². The number of carbonyl (C=O) groups excluding carboxylic acids is 1. The van der Waals surface area contributed by atoms with Crippen molar-refractivity contribution in [2.24, 2.45) is 0 Å². The van der Waals surface area contributed by atoms with E-state index < -0.39 is 18.4 Å². The van der Waals surface area contributed by atoms with Gasteiger partial charge in [-0.25, -0.2) is 9.97 Å². The molecule has 6 heteroatoms. The lowest BCUT2D eigenvalue weighted by molar-refractivity contribution is -0.135. The molecule has 0 atom stereocenters. The number of nitrogens with zero attached hydrogens (tertiary/aromatic N) is 2. The predicted molar refractivity (Wildman–Crippen MR) is 67.4 cm³/mol. The Morgan fingerprint density at radius 3 is 2.32 bits per heavy atom. The van der Waals surface area contributed by atoms with Gasteiger partial charge in [0.2, 0.25) is 0 Å². The van der Waals surface area contributed by atoms with Gasteiger partial charge in [-0.05, 0) is 18.2 Å². The molecule has 96 valence electrons. The summed E-state index contributed by atoms with van der Waals surface area (Å²) in [5.41, 5.74) is 1.18. The van der Waals surface area contributed by atoms with Gasteiger partial charge >= 0.3 is 5.97 Å². The van der Waals surface area contributed by atoms with Gasteiger partial charge in [0, 0.05) is 23.5 Å². The molecule has 0 radical (unpaired) electrons. The molecule has 2 aromatic rings. The van der Waals surface area contributed by atoms with E-state index in [1.807, 2.05) is 0 Å². The lowest BCUT2D eigenvalue weighted by Gasteiger charge is -2.03. The molecule has 0 aliphatic heterocycles. The van der Waals surface area contributed by atoms with E-state index in [-0.39, 0.29) is 0 Å². The molecule has 0 aliphatic rings. The summed E-state index contributed by atoms with van der Waals surface area (Å²) in [7, 11) is 0. The second kappa shape index (κ2) is 5.72. The molecule has 6 nitrogen and oxygen atoms in total. The Bertz CT molecular complexity index is 582. The summed E-state index contributed by atoms with van der Waals surface area (Å²) >= 11 is 0. The van der Waals surface area contributed by atoms with Crippen molar-refractivity contribution in [3.63, 3.8) is 0 Å². The number of hydrogen-bond donors (Lipinski definition) is 2. The van der Waals surface area contributed by atoms with E-state index in [1.54, 1.807) is 42.7 Å². The van der Waals surface area contributed by atoms with Crippen molar-refractivity contribution < 1.29 is 14.7 Å². The van der Waals surface area contributed by atoms with E-state index in [0.29, 0.717) is 11.4 Å². The highest BCUT2D eigenvalue weighted by Crippen LogP contribution is 2.14. The molecule has 1 heterocycles. The molecule has 1 amide bonds. The first-order chi connectivity index (χ1) is 9.16. The number of hydrogen-bond acceptors (Lipinski definition) is 4. The van der Waals surface area contributed by atoms with Crippen LogP contribution in [0, 0.1) is 0 Å². The summed E-state index contributed by atoms with van der Waals surface area (Å²) < 4.78 is 0. The second-order valence-corrected chi connectivity index (χ2v) is 3.73. The summed E-state index contributed by atoms with van der Waals surface area (Å²) in [6.45, 7) is -0.400. The van der Waals surface area contributed by atoms with E-state index in [1.165, 1.54) is 0 Å². The van der Waals surface area contributed by atoms with E-state index in [2.05, 4.69) is 15.3 Å². The van der Waals surface area contributed by atoms with Crippen LogP contribution < -0.4 is 5.32 Å². The Kier molecular flexibility index (Phi) is 3.82. The number of rotatable bonds is 4. The number of benzene rings is 1. The van der Waals surface area contributed by atoms with Crippen molar-refractivity contribution in [3.05, 3.63) is 48.3 Å². The lowest BCUT2D eigenvalue weighted by atomic mass is 10.1. The monoisotopic (exact) mass is 257 g/mol. The molecule has 0 bridgehead atoms. The molecule has 0 fully saturated rings. The molecule has 1 aromatic heterocycles. The van der Waals surface area contributed by atoms with E-state index in [4.69, 9.17) is 5.11 Å². The third kappa shape index (κ3) is 3.35. The molecule has 0 saturated heterocycles. The summed E-state index contributed by atoms with van der Waals surface area (Å²) in [4.78, 5) is 30.1. The molecular formula is C13H11N3O3. The maximum absolute atomic E-state index is 11.6. The van der Waals surface area contributed by atoms with Crippen LogP contribution in [0.4, 0.5) is 0 Å². The van der Waals surface area contributed by atoms with Gasteiger partial charge in [-0.1, -0.05) is 12.1 Å². The molecule has 0 saturated carbocycles. The maximum atomic E-state index is 11.6. The molecule has 1 aromatic carbocycles. The van der Waals surface area contributed by atoms with Gasteiger partial charge in [0.25, 0.3) is 5.91 Å². The maximum Gasteiger partial charge on any atom is 0.322 e. The van der Waals surface area contributed by atoms with Crippen LogP contribution in [0.15, 0.2) is 42.7 Å². The first-order valence-electron chi connectivity index (χ1n) is 5.54. The van der Waals surface area contributed by atoms with Crippen molar-refractivity contribution in [1.82, 2.24) is 15.3 Å². The highest BCUT2D eigenvalue weighted by Gasteiger charge is 2.07. The quantitative estimate of drug-likeness (QED) is 0.851. The van der Waals surface area contributed by atoms with Gasteiger partial charge in [-0.3, -0.25) is 9.59 Å². The van der Waals surface area contributed by atoms with E-state index in [0.717, 1.165) is 5.56 Å². The summed E-state index contributed by atoms with van der Waals surface area (Å²) in [5, 5.41) is 10.8. The molecule has 2 rings (SSSR count). The highest BCUT2D eigenvalue weighted by molar-refractivity contribution is 5.96. The Labute approximate surface area is 109 Å². The normalized spacial score (nSPS) is 9.89. The van der Waals surface area contributed by atoms with Gasteiger partial charge in [-0.2, -0.15) is 0 Å². The summed E-state index contributed by atoms with van der Waals surface area (Å²) in [6, 6.07) is 8.35. The standard InChI is InChI=1S/C13H11N3O3/c17-11(18)8-16-13(19)10-4-2-9(3-5-10)12-14-6-1-7-15-12/h1-7H,8H2,(H,16,19)(H,17,18). The number of nitrogens with one attached hydrogen (secondary N) is 1. The number of carboxylic acid groups (broad SMARTS) is 1. The van der Waals surface area contributed by atoms with E-state index >= 15 is 0 Å². The largest absolute Gasteiger partial charge is 0.480 e. The number of aromatic nitrogens is 2. The Morgan fingerprint density at radius 2 is 1.74 bits per heavy atom. The molecule has 0 aliphatic carbocycles. The summed E-state index contributed by atoms with van der Waals surface area (Å²) in [5.74, 6) is -0.939. The van der Waals surface area contributed by atoms with Gasteiger partial charge in [0.15, 0.2) is 5.82 Å². The zero-order chi connectivity index (χ0) is 13.7. The molecule has 2 N–H and O–H groups in total. The Morgan fingerprint density at radius 1 is 1.11 bits per heavy atom. The number of amides is 1. The van der Waals surface area contributed by atoms with Crippen LogP contribution in [-0.2, 0) is 4.79 Å². The lowest BCUT2D eigenvalue weighted by Crippen LogP contribution is -2.29. The minimum Gasteiger partial charge on any atom is -0.480 e. The minimum absolute atomic E-state index is 0.390. The fourth-order valence-corrected chi connectivity index (χ4v) is 1.48.